The second-order valence-corrected chi connectivity index (χ2v) is 1.67. The predicted molar refractivity (Wildman–Crippen MR) is 27.2 cm³/mol. The Labute approximate surface area is 55.2 Å². The molecule has 0 spiro atoms. The van der Waals surface area contributed by atoms with Crippen molar-refractivity contribution in [3.63, 3.8) is 0 Å². The largest absolute Gasteiger partial charge is 0.475 e. The molecular weight excluding hydrogens is 140 g/mol. The first kappa shape index (κ1) is 6.53. The minimum Gasteiger partial charge on any atom is -0.475 e. The molecule has 1 N–H and O–H groups in total. The van der Waals surface area contributed by atoms with E-state index >= 15 is 0 Å². The molecule has 0 atom stereocenters. The van der Waals surface area contributed by atoms with E-state index in [0.29, 0.717) is 0 Å². The van der Waals surface area contributed by atoms with Crippen LogP contribution in [0.1, 0.15) is 16.2 Å². The molecule has 1 aromatic heterocycles. The van der Waals surface area contributed by atoms with Gasteiger partial charge in [0.1, 0.15) is 0 Å². The molecule has 6 nitrogen and oxygen atoms in total. The molecule has 0 radical (unpaired) electrons. The van der Waals surface area contributed by atoms with Gasteiger partial charge >= 0.3 is 11.7 Å². The number of hydrogen-bond donors (Lipinski definition) is 1. The maximum absolute atomic E-state index is 10.4. The maximum atomic E-state index is 10.4. The lowest BCUT2D eigenvalue weighted by molar-refractivity contribution is -0.806. The van der Waals surface area contributed by atoms with E-state index in [9.17, 15) is 10.0 Å². The molecule has 0 aliphatic carbocycles. The average molecular weight is 144 g/mol. The van der Waals surface area contributed by atoms with E-state index in [0.717, 1.165) is 0 Å². The zero-order valence-electron chi connectivity index (χ0n) is 5.07. The summed E-state index contributed by atoms with van der Waals surface area (Å²) >= 11 is 0. The predicted octanol–water partition coefficient (Wildman–Crippen LogP) is -0.685. The highest BCUT2D eigenvalue weighted by atomic mass is 16.8. The molecule has 0 saturated heterocycles. The summed E-state index contributed by atoms with van der Waals surface area (Å²) in [5.41, 5.74) is -0.400. The van der Waals surface area contributed by atoms with Crippen LogP contribution in [0.3, 0.4) is 0 Å². The van der Waals surface area contributed by atoms with Gasteiger partial charge in [0.05, 0.1) is 5.16 Å². The summed E-state index contributed by atoms with van der Waals surface area (Å²) in [6.45, 7) is 1.31. The van der Waals surface area contributed by atoms with Gasteiger partial charge in [-0.2, -0.15) is 0 Å². The molecule has 0 unspecified atom stereocenters. The van der Waals surface area contributed by atoms with E-state index in [1.54, 1.807) is 0 Å². The molecule has 54 valence electrons. The first-order chi connectivity index (χ1) is 4.63. The van der Waals surface area contributed by atoms with Crippen molar-refractivity contribution in [3.8, 4) is 0 Å². The van der Waals surface area contributed by atoms with Crippen LogP contribution in [0.15, 0.2) is 4.63 Å². The molecule has 0 fully saturated rings. The summed E-state index contributed by atoms with van der Waals surface area (Å²) in [4.78, 5) is 10.2. The summed E-state index contributed by atoms with van der Waals surface area (Å²) < 4.78 is 3.99. The molecule has 6 heteroatoms. The first-order valence-corrected chi connectivity index (χ1v) is 2.42. The molecule has 0 saturated carbocycles. The van der Waals surface area contributed by atoms with Crippen molar-refractivity contribution in [3.05, 3.63) is 16.6 Å². The lowest BCUT2D eigenvalue weighted by atomic mass is 10.3. The Morgan fingerprint density at radius 3 is 2.70 bits per heavy atom. The van der Waals surface area contributed by atoms with Gasteiger partial charge in [-0.15, -0.1) is 0 Å². The lowest BCUT2D eigenvalue weighted by Gasteiger charge is -1.83. The highest BCUT2D eigenvalue weighted by Gasteiger charge is 2.21. The fourth-order valence-corrected chi connectivity index (χ4v) is 0.485. The zero-order valence-corrected chi connectivity index (χ0v) is 5.07. The Bertz CT molecular complexity index is 266. The van der Waals surface area contributed by atoms with Gasteiger partial charge in [-0.05, 0) is 4.90 Å². The van der Waals surface area contributed by atoms with Gasteiger partial charge in [-0.3, -0.25) is 4.63 Å². The van der Waals surface area contributed by atoms with E-state index in [1.807, 2.05) is 0 Å². The molecule has 0 aromatic carbocycles. The van der Waals surface area contributed by atoms with Gasteiger partial charge < -0.3 is 10.3 Å². The van der Waals surface area contributed by atoms with Crippen LogP contribution in [0.25, 0.3) is 0 Å². The third kappa shape index (κ3) is 0.790. The summed E-state index contributed by atoms with van der Waals surface area (Å²) in [5, 5.41) is 21.7. The Morgan fingerprint density at radius 2 is 2.50 bits per heavy atom. The Morgan fingerprint density at radius 1 is 1.90 bits per heavy atom. The van der Waals surface area contributed by atoms with Crippen LogP contribution in [0.5, 0.6) is 0 Å². The summed E-state index contributed by atoms with van der Waals surface area (Å²) in [6, 6.07) is 0. The third-order valence-corrected chi connectivity index (χ3v) is 1.03. The quantitative estimate of drug-likeness (QED) is 0.527. The molecule has 1 aromatic rings. The summed E-state index contributed by atoms with van der Waals surface area (Å²) in [5.74, 6) is -1.27. The number of aromatic nitrogens is 2. The SMILES string of the molecule is Cc1c(C(=O)O)no[n+]1[O-]. The monoisotopic (exact) mass is 144 g/mol. The van der Waals surface area contributed by atoms with Crippen molar-refractivity contribution >= 4 is 5.97 Å². The molecule has 0 aliphatic rings. The summed E-state index contributed by atoms with van der Waals surface area (Å²) in [7, 11) is 0. The molecule has 1 rings (SSSR count). The number of carbonyl (C=O) groups is 1. The second kappa shape index (κ2) is 1.98. The lowest BCUT2D eigenvalue weighted by Crippen LogP contribution is -2.26. The van der Waals surface area contributed by atoms with Crippen LogP contribution in [0, 0.1) is 12.1 Å². The Balaban J connectivity index is 3.17. The van der Waals surface area contributed by atoms with Crippen molar-refractivity contribution in [1.29, 1.82) is 0 Å². The number of carboxylic acids is 1. The number of carboxylic acid groups (broad SMARTS) is 1. The van der Waals surface area contributed by atoms with Gasteiger partial charge in [-0.25, -0.2) is 4.79 Å². The topological polar surface area (TPSA) is 90.3 Å². The highest BCUT2D eigenvalue weighted by molar-refractivity contribution is 5.85. The van der Waals surface area contributed by atoms with Crippen LogP contribution in [0.4, 0.5) is 0 Å². The molecule has 0 amide bonds. The molecule has 0 aliphatic heterocycles. The van der Waals surface area contributed by atoms with E-state index in [2.05, 4.69) is 9.79 Å². The fourth-order valence-electron chi connectivity index (χ4n) is 0.485. The summed E-state index contributed by atoms with van der Waals surface area (Å²) in [6.07, 6.45) is 0. The average Bonchev–Trinajstić information content (AvgIpc) is 2.14. The van der Waals surface area contributed by atoms with Crippen molar-refractivity contribution in [2.45, 2.75) is 6.92 Å². The fraction of sp³-hybridized carbons (Fsp3) is 0.250. The third-order valence-electron chi connectivity index (χ3n) is 1.03. The standard InChI is InChI=1S/C4H4N2O4/c1-2-3(4(7)8)5-10-6(2)9/h1H3,(H,7,8). The Kier molecular flexibility index (Phi) is 1.29. The van der Waals surface area contributed by atoms with Crippen molar-refractivity contribution < 1.29 is 19.4 Å². The smallest absolute Gasteiger partial charge is 0.387 e. The van der Waals surface area contributed by atoms with Crippen molar-refractivity contribution in [1.82, 2.24) is 5.16 Å². The van der Waals surface area contributed by atoms with Crippen LogP contribution in [0.2, 0.25) is 0 Å². The van der Waals surface area contributed by atoms with E-state index < -0.39 is 5.97 Å². The molecule has 1 heterocycles. The van der Waals surface area contributed by atoms with Gasteiger partial charge in [0, 0.05) is 6.92 Å². The van der Waals surface area contributed by atoms with Crippen molar-refractivity contribution in [2.75, 3.05) is 0 Å². The second-order valence-electron chi connectivity index (χ2n) is 1.67. The van der Waals surface area contributed by atoms with Gasteiger partial charge in [0.2, 0.25) is 5.69 Å². The van der Waals surface area contributed by atoms with Gasteiger partial charge in [0.25, 0.3) is 0 Å². The number of aromatic carboxylic acids is 1. The number of rotatable bonds is 1. The first-order valence-electron chi connectivity index (χ1n) is 2.42. The molecule has 10 heavy (non-hydrogen) atoms. The van der Waals surface area contributed by atoms with Gasteiger partial charge in [-0.1, -0.05) is 0 Å². The van der Waals surface area contributed by atoms with Gasteiger partial charge in [0.15, 0.2) is 0 Å². The van der Waals surface area contributed by atoms with Crippen LogP contribution in [-0.2, 0) is 0 Å². The van der Waals surface area contributed by atoms with Crippen LogP contribution < -0.4 is 4.90 Å². The maximum Gasteiger partial charge on any atom is 0.387 e. The van der Waals surface area contributed by atoms with E-state index in [-0.39, 0.29) is 16.3 Å². The Hall–Kier alpha value is -1.59. The van der Waals surface area contributed by atoms with Crippen LogP contribution >= 0.6 is 0 Å². The molecular formula is C4H4N2O4. The number of hydrogen-bond acceptors (Lipinski definition) is 4. The number of nitrogens with zero attached hydrogens (tertiary/aromatic N) is 2. The van der Waals surface area contributed by atoms with E-state index in [1.165, 1.54) is 6.92 Å². The highest BCUT2D eigenvalue weighted by Crippen LogP contribution is 1.96. The normalized spacial score (nSPS) is 9.70. The molecule has 0 bridgehead atoms. The van der Waals surface area contributed by atoms with Crippen molar-refractivity contribution in [2.24, 2.45) is 0 Å². The van der Waals surface area contributed by atoms with Crippen LogP contribution in [-0.4, -0.2) is 16.2 Å². The van der Waals surface area contributed by atoms with E-state index in [4.69, 9.17) is 5.11 Å². The minimum absolute atomic E-state index is 0.0451. The zero-order chi connectivity index (χ0) is 7.72. The minimum atomic E-state index is -1.27.